The van der Waals surface area contributed by atoms with Crippen LogP contribution in [-0.2, 0) is 9.47 Å². The summed E-state index contributed by atoms with van der Waals surface area (Å²) in [6.45, 7) is 4.63. The summed E-state index contributed by atoms with van der Waals surface area (Å²) in [4.78, 5) is 14.8. The summed E-state index contributed by atoms with van der Waals surface area (Å²) in [5, 5.41) is 8.84. The Morgan fingerprint density at radius 2 is 2.06 bits per heavy atom. The molecule has 0 unspecified atom stereocenters. The number of nitrogens with zero attached hydrogens (tertiary/aromatic N) is 1. The number of carboxylic acid groups (broad SMARTS) is 1. The Balaban J connectivity index is 2.90. The molecule has 0 aromatic carbocycles. The molecule has 0 atom stereocenters. The Morgan fingerprint density at radius 3 is 2.56 bits per heavy atom. The van der Waals surface area contributed by atoms with E-state index >= 15 is 0 Å². The second kappa shape index (κ2) is 6.19. The van der Waals surface area contributed by atoms with Gasteiger partial charge in [0.1, 0.15) is 0 Å². The van der Waals surface area contributed by atoms with Gasteiger partial charge in [0.2, 0.25) is 6.29 Å². The molecule has 0 aliphatic rings. The summed E-state index contributed by atoms with van der Waals surface area (Å²) < 4.78 is 10.7. The molecule has 0 aliphatic carbocycles. The van der Waals surface area contributed by atoms with Crippen LogP contribution in [0.4, 0.5) is 0 Å². The highest BCUT2D eigenvalue weighted by Crippen LogP contribution is 2.17. The van der Waals surface area contributed by atoms with Crippen molar-refractivity contribution >= 4 is 5.97 Å². The predicted octanol–water partition coefficient (Wildman–Crippen LogP) is 1.85. The van der Waals surface area contributed by atoms with E-state index in [4.69, 9.17) is 14.6 Å². The Labute approximate surface area is 94.0 Å². The zero-order chi connectivity index (χ0) is 12.0. The van der Waals surface area contributed by atoms with Crippen LogP contribution in [0.25, 0.3) is 0 Å². The third kappa shape index (κ3) is 3.29. The fourth-order valence-electron chi connectivity index (χ4n) is 1.23. The first-order valence-corrected chi connectivity index (χ1v) is 5.11. The summed E-state index contributed by atoms with van der Waals surface area (Å²) in [5.41, 5.74) is 0.651. The molecule has 1 aromatic rings. The number of ether oxygens (including phenoxy) is 2. The molecule has 1 N–H and O–H groups in total. The minimum Gasteiger partial charge on any atom is -0.478 e. The van der Waals surface area contributed by atoms with E-state index in [1.807, 2.05) is 13.8 Å². The second-order valence-corrected chi connectivity index (χ2v) is 3.02. The molecule has 16 heavy (non-hydrogen) atoms. The van der Waals surface area contributed by atoms with Crippen molar-refractivity contribution < 1.29 is 19.4 Å². The van der Waals surface area contributed by atoms with Crippen molar-refractivity contribution in [3.63, 3.8) is 0 Å². The minimum absolute atomic E-state index is 0.175. The molecule has 0 radical (unpaired) electrons. The van der Waals surface area contributed by atoms with Crippen LogP contribution in [0.15, 0.2) is 18.3 Å². The number of carboxylic acids is 1. The molecule has 1 rings (SSSR count). The molecule has 1 aromatic heterocycles. The Morgan fingerprint density at radius 1 is 1.44 bits per heavy atom. The van der Waals surface area contributed by atoms with Crippen LogP contribution in [0, 0.1) is 0 Å². The van der Waals surface area contributed by atoms with Gasteiger partial charge in [-0.2, -0.15) is 0 Å². The van der Waals surface area contributed by atoms with Crippen molar-refractivity contribution in [1.82, 2.24) is 4.98 Å². The first-order valence-electron chi connectivity index (χ1n) is 5.11. The molecular formula is C11H15NO4. The highest BCUT2D eigenvalue weighted by Gasteiger charge is 2.14. The lowest BCUT2D eigenvalue weighted by molar-refractivity contribution is -0.142. The first-order chi connectivity index (χ1) is 7.69. The minimum atomic E-state index is -0.990. The van der Waals surface area contributed by atoms with Gasteiger partial charge in [-0.1, -0.05) is 0 Å². The van der Waals surface area contributed by atoms with E-state index in [1.165, 1.54) is 18.3 Å². The highest BCUT2D eigenvalue weighted by atomic mass is 16.7. The lowest BCUT2D eigenvalue weighted by Gasteiger charge is -2.16. The van der Waals surface area contributed by atoms with E-state index in [9.17, 15) is 4.79 Å². The van der Waals surface area contributed by atoms with Crippen LogP contribution < -0.4 is 0 Å². The largest absolute Gasteiger partial charge is 0.478 e. The third-order valence-electron chi connectivity index (χ3n) is 1.91. The highest BCUT2D eigenvalue weighted by molar-refractivity contribution is 5.87. The number of aromatic nitrogens is 1. The third-order valence-corrected chi connectivity index (χ3v) is 1.91. The molecule has 0 saturated heterocycles. The van der Waals surface area contributed by atoms with Gasteiger partial charge in [0.25, 0.3) is 0 Å². The maximum atomic E-state index is 10.8. The van der Waals surface area contributed by atoms with Crippen molar-refractivity contribution in [2.45, 2.75) is 20.1 Å². The van der Waals surface area contributed by atoms with Crippen molar-refractivity contribution in [2.24, 2.45) is 0 Å². The monoisotopic (exact) mass is 225 g/mol. The molecule has 5 nitrogen and oxygen atoms in total. The molecule has 0 fully saturated rings. The molecule has 5 heteroatoms. The van der Waals surface area contributed by atoms with Gasteiger partial charge in [-0.05, 0) is 26.0 Å². The van der Waals surface area contributed by atoms with E-state index in [2.05, 4.69) is 4.98 Å². The Kier molecular flexibility index (Phi) is 4.88. The average molecular weight is 225 g/mol. The molecule has 0 bridgehead atoms. The van der Waals surface area contributed by atoms with E-state index in [-0.39, 0.29) is 5.56 Å². The fraction of sp³-hybridized carbons (Fsp3) is 0.455. The fourth-order valence-corrected chi connectivity index (χ4v) is 1.23. The van der Waals surface area contributed by atoms with Crippen LogP contribution in [0.5, 0.6) is 0 Å². The number of rotatable bonds is 6. The van der Waals surface area contributed by atoms with Gasteiger partial charge in [0.15, 0.2) is 0 Å². The van der Waals surface area contributed by atoms with Crippen molar-refractivity contribution in [3.05, 3.63) is 29.6 Å². The van der Waals surface area contributed by atoms with E-state index in [0.29, 0.717) is 18.9 Å². The summed E-state index contributed by atoms with van der Waals surface area (Å²) in [7, 11) is 0. The van der Waals surface area contributed by atoms with E-state index in [1.54, 1.807) is 0 Å². The first kappa shape index (κ1) is 12.6. The van der Waals surface area contributed by atoms with E-state index < -0.39 is 12.3 Å². The molecule has 1 heterocycles. The van der Waals surface area contributed by atoms with Crippen molar-refractivity contribution in [2.75, 3.05) is 13.2 Å². The van der Waals surface area contributed by atoms with Crippen LogP contribution >= 0.6 is 0 Å². The van der Waals surface area contributed by atoms with Crippen molar-refractivity contribution in [3.8, 4) is 0 Å². The van der Waals surface area contributed by atoms with E-state index in [0.717, 1.165) is 0 Å². The Hall–Kier alpha value is -1.46. The predicted molar refractivity (Wildman–Crippen MR) is 57.2 cm³/mol. The second-order valence-electron chi connectivity index (χ2n) is 3.02. The zero-order valence-electron chi connectivity index (χ0n) is 9.34. The van der Waals surface area contributed by atoms with Crippen LogP contribution in [0.1, 0.15) is 36.2 Å². The molecule has 0 aliphatic heterocycles. The number of pyridine rings is 1. The molecule has 0 amide bonds. The average Bonchev–Trinajstić information content (AvgIpc) is 2.29. The van der Waals surface area contributed by atoms with Gasteiger partial charge in [0, 0.05) is 19.4 Å². The maximum Gasteiger partial charge on any atom is 0.335 e. The summed E-state index contributed by atoms with van der Waals surface area (Å²) >= 11 is 0. The normalized spacial score (nSPS) is 10.7. The van der Waals surface area contributed by atoms with Gasteiger partial charge in [-0.15, -0.1) is 0 Å². The topological polar surface area (TPSA) is 68.7 Å². The van der Waals surface area contributed by atoms with Gasteiger partial charge in [-0.3, -0.25) is 4.98 Å². The van der Waals surface area contributed by atoms with Crippen LogP contribution in [-0.4, -0.2) is 29.3 Å². The standard InChI is InChI=1S/C11H15NO4/c1-3-15-11(16-4-2)9-7-8(10(13)14)5-6-12-9/h5-7,11H,3-4H2,1-2H3,(H,13,14). The number of carbonyl (C=O) groups is 1. The summed E-state index contributed by atoms with van der Waals surface area (Å²) in [5.74, 6) is -0.990. The number of hydrogen-bond acceptors (Lipinski definition) is 4. The SMILES string of the molecule is CCOC(OCC)c1cc(C(=O)O)ccn1. The molecular weight excluding hydrogens is 210 g/mol. The van der Waals surface area contributed by atoms with Gasteiger partial charge >= 0.3 is 5.97 Å². The van der Waals surface area contributed by atoms with Crippen LogP contribution in [0.3, 0.4) is 0 Å². The van der Waals surface area contributed by atoms with Crippen LogP contribution in [0.2, 0.25) is 0 Å². The zero-order valence-corrected chi connectivity index (χ0v) is 9.34. The van der Waals surface area contributed by atoms with Crippen molar-refractivity contribution in [1.29, 1.82) is 0 Å². The summed E-state index contributed by atoms with van der Waals surface area (Å²) in [6.07, 6.45) is 0.832. The quantitative estimate of drug-likeness (QED) is 0.748. The molecule has 88 valence electrons. The summed E-state index contributed by atoms with van der Waals surface area (Å²) in [6, 6.07) is 2.89. The lowest BCUT2D eigenvalue weighted by atomic mass is 10.2. The molecule has 0 saturated carbocycles. The Bertz CT molecular complexity index is 348. The smallest absolute Gasteiger partial charge is 0.335 e. The lowest BCUT2D eigenvalue weighted by Crippen LogP contribution is -2.11. The number of aromatic carboxylic acids is 1. The number of hydrogen-bond donors (Lipinski definition) is 1. The molecule has 0 spiro atoms. The van der Waals surface area contributed by atoms with Gasteiger partial charge < -0.3 is 14.6 Å². The van der Waals surface area contributed by atoms with Gasteiger partial charge in [-0.25, -0.2) is 4.79 Å². The maximum absolute atomic E-state index is 10.8. The van der Waals surface area contributed by atoms with Gasteiger partial charge in [0.05, 0.1) is 11.3 Å².